The zero-order valence-electron chi connectivity index (χ0n) is 19.8. The summed E-state index contributed by atoms with van der Waals surface area (Å²) in [5.41, 5.74) is 1.82. The van der Waals surface area contributed by atoms with Crippen molar-refractivity contribution < 1.29 is 14.3 Å². The van der Waals surface area contributed by atoms with E-state index in [9.17, 15) is 9.90 Å². The van der Waals surface area contributed by atoms with Crippen LogP contribution < -0.4 is 0 Å². The van der Waals surface area contributed by atoms with Gasteiger partial charge in [-0.15, -0.1) is 0 Å². The summed E-state index contributed by atoms with van der Waals surface area (Å²) in [5, 5.41) is 10.9. The molecule has 2 saturated carbocycles. The summed E-state index contributed by atoms with van der Waals surface area (Å²) in [4.78, 5) is 12.5. The molecule has 1 N–H and O–H groups in total. The maximum absolute atomic E-state index is 12.5. The van der Waals surface area contributed by atoms with Crippen LogP contribution in [0.1, 0.15) is 92.9 Å². The van der Waals surface area contributed by atoms with E-state index in [1.807, 2.05) is 0 Å². The topological polar surface area (TPSA) is 46.5 Å². The summed E-state index contributed by atoms with van der Waals surface area (Å²) in [5.74, 6) is 0.636. The van der Waals surface area contributed by atoms with Gasteiger partial charge in [0.25, 0.3) is 0 Å². The first kappa shape index (κ1) is 24.8. The molecule has 3 nitrogen and oxygen atoms in total. The Morgan fingerprint density at radius 2 is 1.59 bits per heavy atom. The second kappa shape index (κ2) is 11.2. The number of allylic oxidation sites excluding steroid dienone is 1. The number of Topliss-reactive ketones (excluding diaryl/α,β-unsaturated/α-hetero) is 1. The Kier molecular flexibility index (Phi) is 9.62. The molecule has 0 heterocycles. The summed E-state index contributed by atoms with van der Waals surface area (Å²) >= 11 is 0. The van der Waals surface area contributed by atoms with Crippen LogP contribution in [-0.4, -0.2) is 31.9 Å². The molecule has 29 heavy (non-hydrogen) atoms. The molecule has 0 saturated heterocycles. The minimum absolute atomic E-state index is 0.175. The third-order valence-corrected chi connectivity index (χ3v) is 13.9. The Morgan fingerprint density at radius 3 is 2.14 bits per heavy atom. The van der Waals surface area contributed by atoms with Gasteiger partial charge < -0.3 is 9.53 Å². The molecule has 0 bridgehead atoms. The number of aliphatic hydroxyl groups is 1. The summed E-state index contributed by atoms with van der Waals surface area (Å²) in [7, 11) is -1.80. The van der Waals surface area contributed by atoms with Gasteiger partial charge in [0.2, 0.25) is 0 Å². The van der Waals surface area contributed by atoms with Gasteiger partial charge >= 0.3 is 0 Å². The quantitative estimate of drug-likeness (QED) is 0.243. The van der Waals surface area contributed by atoms with Crippen LogP contribution >= 0.6 is 0 Å². The van der Waals surface area contributed by atoms with E-state index in [4.69, 9.17) is 4.43 Å². The van der Waals surface area contributed by atoms with Crippen LogP contribution in [0.15, 0.2) is 12.2 Å². The Labute approximate surface area is 180 Å². The van der Waals surface area contributed by atoms with Crippen molar-refractivity contribution in [3.8, 4) is 0 Å². The molecular weight excluding hydrogens is 376 g/mol. The highest BCUT2D eigenvalue weighted by atomic mass is 28.4. The molecule has 168 valence electrons. The average molecular weight is 423 g/mol. The van der Waals surface area contributed by atoms with Crippen molar-refractivity contribution in [3.05, 3.63) is 12.2 Å². The number of aliphatic hydroxyl groups excluding tert-OH is 1. The van der Waals surface area contributed by atoms with Crippen LogP contribution in [0.2, 0.25) is 16.6 Å². The molecule has 2 aliphatic carbocycles. The molecule has 4 heteroatoms. The lowest BCUT2D eigenvalue weighted by atomic mass is 9.77. The van der Waals surface area contributed by atoms with E-state index in [1.54, 1.807) is 0 Å². The maximum atomic E-state index is 12.5. The van der Waals surface area contributed by atoms with Gasteiger partial charge in [-0.2, -0.15) is 0 Å². The molecule has 0 spiro atoms. The molecule has 1 unspecified atom stereocenters. The van der Waals surface area contributed by atoms with E-state index < -0.39 is 14.4 Å². The van der Waals surface area contributed by atoms with E-state index in [0.717, 1.165) is 32.3 Å². The lowest BCUT2D eigenvalue weighted by molar-refractivity contribution is -0.126. The Bertz CT molecular complexity index is 512. The Morgan fingerprint density at radius 1 is 1.00 bits per heavy atom. The third kappa shape index (κ3) is 5.83. The van der Waals surface area contributed by atoms with Crippen molar-refractivity contribution >= 4 is 14.1 Å². The van der Waals surface area contributed by atoms with Crippen LogP contribution in [0.3, 0.4) is 0 Å². The van der Waals surface area contributed by atoms with E-state index in [-0.39, 0.29) is 17.6 Å². The fourth-order valence-electron chi connectivity index (χ4n) is 6.40. The van der Waals surface area contributed by atoms with Crippen LogP contribution in [-0.2, 0) is 9.22 Å². The first-order valence-corrected chi connectivity index (χ1v) is 14.4. The van der Waals surface area contributed by atoms with Crippen LogP contribution in [0, 0.1) is 17.8 Å². The lowest BCUT2D eigenvalue weighted by Gasteiger charge is -2.42. The van der Waals surface area contributed by atoms with Crippen molar-refractivity contribution in [2.24, 2.45) is 17.8 Å². The van der Waals surface area contributed by atoms with E-state index in [2.05, 4.69) is 53.7 Å². The predicted molar refractivity (Wildman–Crippen MR) is 125 cm³/mol. The molecular formula is C25H46O3Si. The molecule has 0 aromatic heterocycles. The summed E-state index contributed by atoms with van der Waals surface area (Å²) in [6.45, 7) is 14.7. The van der Waals surface area contributed by atoms with Crippen molar-refractivity contribution in [3.63, 3.8) is 0 Å². The second-order valence-electron chi connectivity index (χ2n) is 10.5. The molecule has 2 fully saturated rings. The van der Waals surface area contributed by atoms with Gasteiger partial charge in [-0.25, -0.2) is 0 Å². The first-order chi connectivity index (χ1) is 13.7. The predicted octanol–water partition coefficient (Wildman–Crippen LogP) is 6.66. The highest BCUT2D eigenvalue weighted by Gasteiger charge is 2.45. The molecule has 0 aromatic carbocycles. The minimum Gasteiger partial charge on any atom is -0.416 e. The summed E-state index contributed by atoms with van der Waals surface area (Å²) in [6.07, 6.45) is 12.3. The average Bonchev–Trinajstić information content (AvgIpc) is 3.04. The van der Waals surface area contributed by atoms with Crippen molar-refractivity contribution in [2.45, 2.75) is 116 Å². The highest BCUT2D eigenvalue weighted by Crippen LogP contribution is 2.42. The van der Waals surface area contributed by atoms with Gasteiger partial charge in [-0.3, -0.25) is 4.79 Å². The van der Waals surface area contributed by atoms with Crippen LogP contribution in [0.25, 0.3) is 0 Å². The Balaban J connectivity index is 1.92. The van der Waals surface area contributed by atoms with Crippen molar-refractivity contribution in [2.75, 3.05) is 6.61 Å². The monoisotopic (exact) mass is 422 g/mol. The second-order valence-corrected chi connectivity index (χ2v) is 15.9. The molecule has 2 rings (SSSR count). The van der Waals surface area contributed by atoms with Crippen molar-refractivity contribution in [1.29, 1.82) is 0 Å². The summed E-state index contributed by atoms with van der Waals surface area (Å²) in [6, 6.07) is 0. The fourth-order valence-corrected chi connectivity index (χ4v) is 11.9. The number of rotatable bonds is 10. The SMILES string of the molecule is CC(C)[Si](OCC/C=C/[C@H]1CCC(=O)[C@@H]1C(O)C1CCCCC1)(C(C)C)C(C)C. The normalized spacial score (nSPS) is 25.8. The largest absolute Gasteiger partial charge is 0.416 e. The number of carbonyl (C=O) groups excluding carboxylic acids is 1. The number of hydrogen-bond acceptors (Lipinski definition) is 3. The lowest BCUT2D eigenvalue weighted by Crippen LogP contribution is -2.47. The minimum atomic E-state index is -1.80. The van der Waals surface area contributed by atoms with Gasteiger partial charge in [0, 0.05) is 13.0 Å². The van der Waals surface area contributed by atoms with Gasteiger partial charge in [-0.05, 0) is 54.1 Å². The zero-order chi connectivity index (χ0) is 21.6. The van der Waals surface area contributed by atoms with Crippen LogP contribution in [0.5, 0.6) is 0 Å². The molecule has 0 aromatic rings. The number of carbonyl (C=O) groups is 1. The van der Waals surface area contributed by atoms with E-state index in [0.29, 0.717) is 29.0 Å². The molecule has 0 amide bonds. The zero-order valence-corrected chi connectivity index (χ0v) is 20.8. The first-order valence-electron chi connectivity index (χ1n) is 12.2. The molecule has 2 aliphatic rings. The number of ketones is 1. The van der Waals surface area contributed by atoms with Crippen LogP contribution in [0.4, 0.5) is 0 Å². The summed E-state index contributed by atoms with van der Waals surface area (Å²) < 4.78 is 6.64. The van der Waals surface area contributed by atoms with Crippen molar-refractivity contribution in [1.82, 2.24) is 0 Å². The van der Waals surface area contributed by atoms with Gasteiger partial charge in [0.15, 0.2) is 8.32 Å². The van der Waals surface area contributed by atoms with E-state index in [1.165, 1.54) is 19.3 Å². The highest BCUT2D eigenvalue weighted by molar-refractivity contribution is 6.77. The smallest absolute Gasteiger partial charge is 0.200 e. The number of hydrogen-bond donors (Lipinski definition) is 1. The molecule has 3 atom stereocenters. The molecule has 0 radical (unpaired) electrons. The maximum Gasteiger partial charge on any atom is 0.200 e. The van der Waals surface area contributed by atoms with Gasteiger partial charge in [-0.1, -0.05) is 73.0 Å². The van der Waals surface area contributed by atoms with Gasteiger partial charge in [0.05, 0.1) is 12.0 Å². The fraction of sp³-hybridized carbons (Fsp3) is 0.880. The standard InChI is InChI=1S/C25H46O3Si/c1-18(2)29(19(3)4,20(5)6)28-17-11-10-12-21-15-16-23(26)24(21)25(27)22-13-8-7-9-14-22/h10,12,18-22,24-25,27H,7-9,11,13-17H2,1-6H3/b12-10+/t21-,24+,25?/m0/s1. The van der Waals surface area contributed by atoms with E-state index >= 15 is 0 Å². The Hall–Kier alpha value is -0.453. The third-order valence-electron chi connectivity index (χ3n) is 7.78. The van der Waals surface area contributed by atoms with Gasteiger partial charge in [0.1, 0.15) is 5.78 Å². The molecule has 0 aliphatic heterocycles.